The molecule has 3 rings (SSSR count). The molecule has 0 radical (unpaired) electrons. The van der Waals surface area contributed by atoms with E-state index in [-0.39, 0.29) is 11.8 Å². The summed E-state index contributed by atoms with van der Waals surface area (Å²) in [5.41, 5.74) is 3.06. The Kier molecular flexibility index (Phi) is 3.48. The maximum atomic E-state index is 11.9. The third kappa shape index (κ3) is 2.67. The molecule has 1 saturated heterocycles. The van der Waals surface area contributed by atoms with Crippen LogP contribution in [0.5, 0.6) is 0 Å². The molecule has 2 amide bonds. The normalized spacial score (nSPS) is 14.5. The Hall–Kier alpha value is -2.56. The molecule has 0 spiro atoms. The fourth-order valence-corrected chi connectivity index (χ4v) is 2.54. The largest absolute Gasteiger partial charge is 0.472 e. The van der Waals surface area contributed by atoms with Gasteiger partial charge in [-0.2, -0.15) is 0 Å². The first-order valence-electron chi connectivity index (χ1n) is 6.90. The number of furan rings is 1. The summed E-state index contributed by atoms with van der Waals surface area (Å²) in [6.07, 6.45) is 4.37. The van der Waals surface area contributed by atoms with Crippen molar-refractivity contribution in [3.63, 3.8) is 0 Å². The molecule has 0 bridgehead atoms. The van der Waals surface area contributed by atoms with E-state index in [0.717, 1.165) is 24.2 Å². The Bertz CT molecular complexity index is 677. The molecule has 5 heteroatoms. The number of benzene rings is 1. The molecule has 1 aliphatic heterocycles. The molecule has 1 aliphatic rings. The molecule has 0 atom stereocenters. The maximum absolute atomic E-state index is 11.9. The second-order valence-corrected chi connectivity index (χ2v) is 5.12. The first kappa shape index (κ1) is 13.4. The van der Waals surface area contributed by atoms with E-state index in [9.17, 15) is 9.59 Å². The van der Waals surface area contributed by atoms with Crippen LogP contribution in [0, 0.1) is 6.92 Å². The topological polar surface area (TPSA) is 62.6 Å². The lowest BCUT2D eigenvalue weighted by atomic mass is 10.1. The molecule has 2 heterocycles. The van der Waals surface area contributed by atoms with Crippen LogP contribution in [0.1, 0.15) is 28.8 Å². The summed E-state index contributed by atoms with van der Waals surface area (Å²) in [7, 11) is 0. The van der Waals surface area contributed by atoms with E-state index in [1.807, 2.05) is 25.1 Å². The van der Waals surface area contributed by atoms with Gasteiger partial charge in [0.2, 0.25) is 5.91 Å². The molecule has 1 aromatic carbocycles. The Labute approximate surface area is 122 Å². The lowest BCUT2D eigenvalue weighted by molar-refractivity contribution is -0.117. The number of nitrogens with one attached hydrogen (secondary N) is 1. The number of hydrogen-bond acceptors (Lipinski definition) is 3. The van der Waals surface area contributed by atoms with Gasteiger partial charge in [0.15, 0.2) is 0 Å². The van der Waals surface area contributed by atoms with E-state index >= 15 is 0 Å². The fourth-order valence-electron chi connectivity index (χ4n) is 2.54. The minimum absolute atomic E-state index is 0.160. The van der Waals surface area contributed by atoms with Gasteiger partial charge in [0.05, 0.1) is 11.8 Å². The van der Waals surface area contributed by atoms with Gasteiger partial charge in [-0.15, -0.1) is 0 Å². The minimum atomic E-state index is -0.215. The molecule has 0 aliphatic carbocycles. The van der Waals surface area contributed by atoms with Gasteiger partial charge in [-0.3, -0.25) is 9.59 Å². The van der Waals surface area contributed by atoms with Crippen LogP contribution in [0.4, 0.5) is 11.4 Å². The second kappa shape index (κ2) is 5.44. The summed E-state index contributed by atoms with van der Waals surface area (Å²) in [5, 5.41) is 2.81. The van der Waals surface area contributed by atoms with Gasteiger partial charge in [0.25, 0.3) is 5.91 Å². The van der Waals surface area contributed by atoms with Crippen molar-refractivity contribution in [1.29, 1.82) is 0 Å². The van der Waals surface area contributed by atoms with Crippen LogP contribution in [0.3, 0.4) is 0 Å². The number of nitrogens with zero attached hydrogens (tertiary/aromatic N) is 1. The molecular weight excluding hydrogens is 268 g/mol. The lowest BCUT2D eigenvalue weighted by Crippen LogP contribution is -2.24. The van der Waals surface area contributed by atoms with Crippen molar-refractivity contribution in [2.45, 2.75) is 19.8 Å². The van der Waals surface area contributed by atoms with Crippen molar-refractivity contribution in [1.82, 2.24) is 0 Å². The monoisotopic (exact) mass is 284 g/mol. The molecule has 0 saturated carbocycles. The van der Waals surface area contributed by atoms with Crippen molar-refractivity contribution < 1.29 is 14.0 Å². The molecule has 108 valence electrons. The van der Waals surface area contributed by atoms with Crippen LogP contribution in [-0.4, -0.2) is 18.4 Å². The molecule has 2 aromatic rings. The predicted octanol–water partition coefficient (Wildman–Crippen LogP) is 2.97. The van der Waals surface area contributed by atoms with Gasteiger partial charge in [-0.25, -0.2) is 0 Å². The highest BCUT2D eigenvalue weighted by atomic mass is 16.3. The number of carbonyl (C=O) groups excluding carboxylic acids is 2. The highest BCUT2D eigenvalue weighted by molar-refractivity contribution is 6.04. The number of carbonyl (C=O) groups is 2. The molecular formula is C16H16N2O3. The number of aryl methyl sites for hydroxylation is 1. The van der Waals surface area contributed by atoms with Crippen LogP contribution in [0.15, 0.2) is 41.2 Å². The van der Waals surface area contributed by atoms with Gasteiger partial charge in [0, 0.05) is 24.3 Å². The second-order valence-electron chi connectivity index (χ2n) is 5.12. The highest BCUT2D eigenvalue weighted by Crippen LogP contribution is 2.27. The van der Waals surface area contributed by atoms with Gasteiger partial charge >= 0.3 is 0 Å². The predicted molar refractivity (Wildman–Crippen MR) is 79.4 cm³/mol. The van der Waals surface area contributed by atoms with Crippen LogP contribution in [-0.2, 0) is 4.79 Å². The Morgan fingerprint density at radius 1 is 1.33 bits per heavy atom. The molecule has 21 heavy (non-hydrogen) atoms. The fraction of sp³-hybridized carbons (Fsp3) is 0.250. The lowest BCUT2D eigenvalue weighted by Gasteiger charge is -2.19. The van der Waals surface area contributed by atoms with E-state index in [1.54, 1.807) is 11.0 Å². The van der Waals surface area contributed by atoms with E-state index < -0.39 is 0 Å². The standard InChI is InChI=1S/C16H16N2O3/c1-11-9-13(17-16(20)12-6-8-21-10-12)4-5-14(11)18-7-2-3-15(18)19/h4-6,8-10H,2-3,7H2,1H3,(H,17,20). The van der Waals surface area contributed by atoms with Gasteiger partial charge in [-0.05, 0) is 43.2 Å². The number of hydrogen-bond donors (Lipinski definition) is 1. The number of anilines is 2. The van der Waals surface area contributed by atoms with Crippen LogP contribution in [0.2, 0.25) is 0 Å². The van der Waals surface area contributed by atoms with Gasteiger partial charge in [0.1, 0.15) is 6.26 Å². The summed E-state index contributed by atoms with van der Waals surface area (Å²) in [6.45, 7) is 2.70. The first-order chi connectivity index (χ1) is 10.1. The third-order valence-corrected chi connectivity index (χ3v) is 3.60. The van der Waals surface area contributed by atoms with Crippen LogP contribution in [0.25, 0.3) is 0 Å². The first-order valence-corrected chi connectivity index (χ1v) is 6.90. The number of rotatable bonds is 3. The Morgan fingerprint density at radius 3 is 2.81 bits per heavy atom. The Balaban J connectivity index is 1.78. The van der Waals surface area contributed by atoms with Crippen LogP contribution >= 0.6 is 0 Å². The maximum Gasteiger partial charge on any atom is 0.258 e. The average Bonchev–Trinajstić information content (AvgIpc) is 3.10. The zero-order valence-electron chi connectivity index (χ0n) is 11.8. The van der Waals surface area contributed by atoms with Gasteiger partial charge < -0.3 is 14.6 Å². The zero-order valence-corrected chi connectivity index (χ0v) is 11.8. The van der Waals surface area contributed by atoms with E-state index in [4.69, 9.17) is 4.42 Å². The van der Waals surface area contributed by atoms with E-state index in [1.165, 1.54) is 12.5 Å². The summed E-state index contributed by atoms with van der Waals surface area (Å²) >= 11 is 0. The summed E-state index contributed by atoms with van der Waals surface area (Å²) < 4.78 is 4.89. The Morgan fingerprint density at radius 2 is 2.19 bits per heavy atom. The van der Waals surface area contributed by atoms with Crippen molar-refractivity contribution in [3.05, 3.63) is 47.9 Å². The average molecular weight is 284 g/mol. The van der Waals surface area contributed by atoms with Crippen molar-refractivity contribution in [2.24, 2.45) is 0 Å². The molecule has 1 aromatic heterocycles. The molecule has 1 N–H and O–H groups in total. The van der Waals surface area contributed by atoms with Crippen molar-refractivity contribution in [2.75, 3.05) is 16.8 Å². The van der Waals surface area contributed by atoms with Crippen molar-refractivity contribution >= 4 is 23.2 Å². The van der Waals surface area contributed by atoms with Gasteiger partial charge in [-0.1, -0.05) is 0 Å². The van der Waals surface area contributed by atoms with E-state index in [2.05, 4.69) is 5.32 Å². The number of amides is 2. The SMILES string of the molecule is Cc1cc(NC(=O)c2ccoc2)ccc1N1CCCC1=O. The van der Waals surface area contributed by atoms with Crippen molar-refractivity contribution in [3.8, 4) is 0 Å². The van der Waals surface area contributed by atoms with Crippen LogP contribution < -0.4 is 10.2 Å². The quantitative estimate of drug-likeness (QED) is 0.942. The molecule has 0 unspecified atom stereocenters. The summed E-state index contributed by atoms with van der Waals surface area (Å²) in [4.78, 5) is 25.5. The summed E-state index contributed by atoms with van der Waals surface area (Å²) in [5.74, 6) is -0.0542. The minimum Gasteiger partial charge on any atom is -0.472 e. The molecule has 5 nitrogen and oxygen atoms in total. The summed E-state index contributed by atoms with van der Waals surface area (Å²) in [6, 6.07) is 7.17. The smallest absolute Gasteiger partial charge is 0.258 e. The third-order valence-electron chi connectivity index (χ3n) is 3.60. The molecule has 1 fully saturated rings. The highest BCUT2D eigenvalue weighted by Gasteiger charge is 2.23. The zero-order chi connectivity index (χ0) is 14.8. The van der Waals surface area contributed by atoms with E-state index in [0.29, 0.717) is 17.7 Å².